The highest BCUT2D eigenvalue weighted by molar-refractivity contribution is 5.58. The molecule has 2 aromatic rings. The summed E-state index contributed by atoms with van der Waals surface area (Å²) in [6.45, 7) is 4.45. The number of nitrogens with two attached hydrogens (primary N) is 1. The first-order chi connectivity index (χ1) is 10.1. The van der Waals surface area contributed by atoms with Crippen LogP contribution in [0.25, 0.3) is 0 Å². The van der Waals surface area contributed by atoms with Crippen LogP contribution in [0.3, 0.4) is 0 Å². The summed E-state index contributed by atoms with van der Waals surface area (Å²) in [6, 6.07) is 9.51. The normalized spacial score (nSPS) is 12.2. The molecule has 5 N–H and O–H groups in total. The molecule has 0 fully saturated rings. The number of aliphatic hydroxyl groups is 1. The van der Waals surface area contributed by atoms with Gasteiger partial charge in [0.15, 0.2) is 0 Å². The Hall–Kier alpha value is -2.18. The van der Waals surface area contributed by atoms with Gasteiger partial charge in [0.1, 0.15) is 18.0 Å². The van der Waals surface area contributed by atoms with Crippen molar-refractivity contribution in [1.29, 1.82) is 0 Å². The molecule has 0 saturated carbocycles. The molecule has 112 valence electrons. The zero-order valence-electron chi connectivity index (χ0n) is 12.2. The number of hydrazine groups is 1. The molecular weight excluding hydrogens is 266 g/mol. The first-order valence-electron chi connectivity index (χ1n) is 6.92. The smallest absolute Gasteiger partial charge is 0.148 e. The second kappa shape index (κ2) is 7.01. The van der Waals surface area contributed by atoms with E-state index in [1.54, 1.807) is 0 Å². The van der Waals surface area contributed by atoms with E-state index >= 15 is 0 Å². The predicted octanol–water partition coefficient (Wildman–Crippen LogP) is 2.03. The average molecular weight is 287 g/mol. The highest BCUT2D eigenvalue weighted by atomic mass is 16.3. The largest absolute Gasteiger partial charge is 0.387 e. The molecule has 2 rings (SSSR count). The number of hydrogen-bond acceptors (Lipinski definition) is 6. The summed E-state index contributed by atoms with van der Waals surface area (Å²) in [6.07, 6.45) is 0.841. The molecule has 6 nitrogen and oxygen atoms in total. The molecule has 0 aliphatic heterocycles. The SMILES string of the molecule is CC(C)c1c(NN)ncnc1NCC(O)c1ccccc1. The van der Waals surface area contributed by atoms with E-state index in [0.29, 0.717) is 18.2 Å². The lowest BCUT2D eigenvalue weighted by Gasteiger charge is -2.18. The molecule has 0 amide bonds. The quantitative estimate of drug-likeness (QED) is 0.479. The van der Waals surface area contributed by atoms with Crippen molar-refractivity contribution < 1.29 is 5.11 Å². The summed E-state index contributed by atoms with van der Waals surface area (Å²) in [5.74, 6) is 6.97. The van der Waals surface area contributed by atoms with Crippen molar-refractivity contribution in [2.75, 3.05) is 17.3 Å². The molecule has 0 aliphatic carbocycles. The number of nitrogens with zero attached hydrogens (tertiary/aromatic N) is 2. The van der Waals surface area contributed by atoms with Crippen molar-refractivity contribution >= 4 is 11.6 Å². The van der Waals surface area contributed by atoms with Gasteiger partial charge in [-0.15, -0.1) is 0 Å². The van der Waals surface area contributed by atoms with Gasteiger partial charge in [0.05, 0.1) is 6.10 Å². The fourth-order valence-corrected chi connectivity index (χ4v) is 2.18. The van der Waals surface area contributed by atoms with Crippen LogP contribution in [0.15, 0.2) is 36.7 Å². The van der Waals surface area contributed by atoms with E-state index in [1.165, 1.54) is 6.33 Å². The molecule has 0 saturated heterocycles. The van der Waals surface area contributed by atoms with Crippen molar-refractivity contribution in [3.05, 3.63) is 47.8 Å². The minimum Gasteiger partial charge on any atom is -0.387 e. The number of nitrogens with one attached hydrogen (secondary N) is 2. The van der Waals surface area contributed by atoms with E-state index in [1.807, 2.05) is 44.2 Å². The molecule has 1 heterocycles. The summed E-state index contributed by atoms with van der Waals surface area (Å²) in [5, 5.41) is 13.4. The average Bonchev–Trinajstić information content (AvgIpc) is 2.52. The second-order valence-corrected chi connectivity index (χ2v) is 5.09. The molecule has 0 radical (unpaired) electrons. The second-order valence-electron chi connectivity index (χ2n) is 5.09. The van der Waals surface area contributed by atoms with Crippen LogP contribution in [0.4, 0.5) is 11.6 Å². The van der Waals surface area contributed by atoms with Crippen LogP contribution in [-0.2, 0) is 0 Å². The van der Waals surface area contributed by atoms with Crippen molar-refractivity contribution in [3.63, 3.8) is 0 Å². The van der Waals surface area contributed by atoms with E-state index in [9.17, 15) is 5.11 Å². The summed E-state index contributed by atoms with van der Waals surface area (Å²) < 4.78 is 0. The molecule has 0 bridgehead atoms. The van der Waals surface area contributed by atoms with Crippen LogP contribution in [-0.4, -0.2) is 21.6 Å². The third-order valence-corrected chi connectivity index (χ3v) is 3.25. The minimum atomic E-state index is -0.601. The zero-order valence-corrected chi connectivity index (χ0v) is 12.2. The van der Waals surface area contributed by atoms with Gasteiger partial charge in [-0.05, 0) is 11.5 Å². The molecule has 1 aromatic carbocycles. The highest BCUT2D eigenvalue weighted by Gasteiger charge is 2.15. The van der Waals surface area contributed by atoms with Gasteiger partial charge in [-0.2, -0.15) is 0 Å². The first-order valence-corrected chi connectivity index (χ1v) is 6.92. The number of rotatable bonds is 6. The van der Waals surface area contributed by atoms with Crippen LogP contribution in [0, 0.1) is 0 Å². The third kappa shape index (κ3) is 3.68. The van der Waals surface area contributed by atoms with Crippen LogP contribution in [0.2, 0.25) is 0 Å². The predicted molar refractivity (Wildman–Crippen MR) is 83.8 cm³/mol. The van der Waals surface area contributed by atoms with Gasteiger partial charge in [0, 0.05) is 12.1 Å². The Bertz CT molecular complexity index is 574. The van der Waals surface area contributed by atoms with Gasteiger partial charge in [0.2, 0.25) is 0 Å². The third-order valence-electron chi connectivity index (χ3n) is 3.25. The molecular formula is C15H21N5O. The number of anilines is 2. The molecule has 1 atom stereocenters. The van der Waals surface area contributed by atoms with Crippen molar-refractivity contribution in [1.82, 2.24) is 9.97 Å². The van der Waals surface area contributed by atoms with E-state index in [0.717, 1.165) is 11.1 Å². The Morgan fingerprint density at radius 1 is 1.14 bits per heavy atom. The van der Waals surface area contributed by atoms with Crippen LogP contribution >= 0.6 is 0 Å². The minimum absolute atomic E-state index is 0.202. The van der Waals surface area contributed by atoms with Crippen molar-refractivity contribution in [3.8, 4) is 0 Å². The summed E-state index contributed by atoms with van der Waals surface area (Å²) in [5.41, 5.74) is 4.35. The Balaban J connectivity index is 2.13. The maximum Gasteiger partial charge on any atom is 0.148 e. The fraction of sp³-hybridized carbons (Fsp3) is 0.333. The lowest BCUT2D eigenvalue weighted by Crippen LogP contribution is -2.18. The van der Waals surface area contributed by atoms with Crippen LogP contribution in [0.1, 0.15) is 37.0 Å². The highest BCUT2D eigenvalue weighted by Crippen LogP contribution is 2.28. The maximum atomic E-state index is 10.2. The summed E-state index contributed by atoms with van der Waals surface area (Å²) in [4.78, 5) is 8.36. The topological polar surface area (TPSA) is 96.1 Å². The maximum absolute atomic E-state index is 10.2. The van der Waals surface area contributed by atoms with Gasteiger partial charge in [-0.1, -0.05) is 44.2 Å². The van der Waals surface area contributed by atoms with E-state index in [4.69, 9.17) is 5.84 Å². The molecule has 1 aromatic heterocycles. The number of nitrogen functional groups attached to an aromatic ring is 1. The van der Waals surface area contributed by atoms with Gasteiger partial charge in [-0.3, -0.25) is 0 Å². The molecule has 0 aliphatic rings. The van der Waals surface area contributed by atoms with Gasteiger partial charge >= 0.3 is 0 Å². The van der Waals surface area contributed by atoms with E-state index < -0.39 is 6.10 Å². The number of benzene rings is 1. The Morgan fingerprint density at radius 3 is 2.43 bits per heavy atom. The zero-order chi connectivity index (χ0) is 15.2. The fourth-order valence-electron chi connectivity index (χ4n) is 2.18. The van der Waals surface area contributed by atoms with Crippen LogP contribution < -0.4 is 16.6 Å². The number of hydrogen-bond donors (Lipinski definition) is 4. The van der Waals surface area contributed by atoms with Crippen molar-refractivity contribution in [2.45, 2.75) is 25.9 Å². The van der Waals surface area contributed by atoms with E-state index in [2.05, 4.69) is 20.7 Å². The van der Waals surface area contributed by atoms with Gasteiger partial charge in [0.25, 0.3) is 0 Å². The number of aliphatic hydroxyl groups excluding tert-OH is 1. The summed E-state index contributed by atoms with van der Waals surface area (Å²) in [7, 11) is 0. The Morgan fingerprint density at radius 2 is 1.81 bits per heavy atom. The first kappa shape index (κ1) is 15.2. The van der Waals surface area contributed by atoms with E-state index in [-0.39, 0.29) is 5.92 Å². The van der Waals surface area contributed by atoms with Crippen molar-refractivity contribution in [2.24, 2.45) is 5.84 Å². The molecule has 21 heavy (non-hydrogen) atoms. The summed E-state index contributed by atoms with van der Waals surface area (Å²) >= 11 is 0. The van der Waals surface area contributed by atoms with Gasteiger partial charge < -0.3 is 15.8 Å². The monoisotopic (exact) mass is 287 g/mol. The lowest BCUT2D eigenvalue weighted by atomic mass is 10.0. The molecule has 0 spiro atoms. The Labute approximate surface area is 124 Å². The number of aromatic nitrogens is 2. The standard InChI is InChI=1S/C15H21N5O/c1-10(2)13-14(18-9-19-15(13)20-16)17-8-12(21)11-6-4-3-5-7-11/h3-7,9-10,12,21H,8,16H2,1-2H3,(H2,17,18,19,20). The van der Waals surface area contributed by atoms with Gasteiger partial charge in [-0.25, -0.2) is 15.8 Å². The Kier molecular flexibility index (Phi) is 5.08. The molecule has 6 heteroatoms. The lowest BCUT2D eigenvalue weighted by molar-refractivity contribution is 0.191. The van der Waals surface area contributed by atoms with Crippen LogP contribution in [0.5, 0.6) is 0 Å². The molecule has 1 unspecified atom stereocenters.